The quantitative estimate of drug-likeness (QED) is 0.362. The molecule has 36 heavy (non-hydrogen) atoms. The standard InChI is InChI=1S/C28H44ClFN2O4/c1-31-19-22(17-21-10-15-36-16-11-21)18-26(33)32-13-6-7-23(20-32)28(34,12-3-4-14-35-2)24-8-5-9-25(29)27(24)30/h5,8-9,21-23,31,34H,3-4,6-7,10-20H2,1-2H3/t22-,23+,28-/m0/s1. The molecule has 3 rings (SSSR count). The van der Waals surface area contributed by atoms with Crippen LogP contribution in [-0.4, -0.2) is 69.5 Å². The van der Waals surface area contributed by atoms with Crippen LogP contribution in [0.5, 0.6) is 0 Å². The minimum atomic E-state index is -1.39. The summed E-state index contributed by atoms with van der Waals surface area (Å²) in [7, 11) is 3.58. The molecule has 6 nitrogen and oxygen atoms in total. The van der Waals surface area contributed by atoms with E-state index >= 15 is 4.39 Å². The van der Waals surface area contributed by atoms with Crippen LogP contribution in [-0.2, 0) is 19.9 Å². The van der Waals surface area contributed by atoms with Crippen molar-refractivity contribution in [2.24, 2.45) is 17.8 Å². The van der Waals surface area contributed by atoms with Gasteiger partial charge in [0.25, 0.3) is 0 Å². The Morgan fingerprint density at radius 1 is 1.33 bits per heavy atom. The molecule has 0 bridgehead atoms. The Morgan fingerprint density at radius 3 is 2.83 bits per heavy atom. The first-order valence-corrected chi connectivity index (χ1v) is 13.9. The van der Waals surface area contributed by atoms with E-state index in [1.807, 2.05) is 11.9 Å². The van der Waals surface area contributed by atoms with Gasteiger partial charge in [-0.2, -0.15) is 0 Å². The maximum atomic E-state index is 15.1. The molecule has 2 heterocycles. The first-order chi connectivity index (χ1) is 17.4. The smallest absolute Gasteiger partial charge is 0.222 e. The summed E-state index contributed by atoms with van der Waals surface area (Å²) in [5, 5.41) is 15.3. The van der Waals surface area contributed by atoms with Crippen LogP contribution in [0.15, 0.2) is 18.2 Å². The molecule has 0 unspecified atom stereocenters. The van der Waals surface area contributed by atoms with Gasteiger partial charge in [0.05, 0.1) is 10.6 Å². The van der Waals surface area contributed by atoms with Crippen LogP contribution in [0.1, 0.15) is 63.4 Å². The fraction of sp³-hybridized carbons (Fsp3) is 0.750. The van der Waals surface area contributed by atoms with Crippen LogP contribution in [0.4, 0.5) is 4.39 Å². The highest BCUT2D eigenvalue weighted by Crippen LogP contribution is 2.42. The molecule has 1 aromatic rings. The molecule has 0 aromatic heterocycles. The largest absolute Gasteiger partial charge is 0.385 e. The Kier molecular flexibility index (Phi) is 11.9. The average Bonchev–Trinajstić information content (AvgIpc) is 2.89. The lowest BCUT2D eigenvalue weighted by Gasteiger charge is -2.43. The van der Waals surface area contributed by atoms with Gasteiger partial charge in [-0.3, -0.25) is 4.79 Å². The number of amides is 1. The van der Waals surface area contributed by atoms with E-state index < -0.39 is 11.4 Å². The number of carbonyl (C=O) groups is 1. The van der Waals surface area contributed by atoms with Crippen molar-refractivity contribution in [2.45, 2.75) is 63.4 Å². The lowest BCUT2D eigenvalue weighted by Crippen LogP contribution is -2.49. The molecule has 0 saturated carbocycles. The van der Waals surface area contributed by atoms with E-state index in [2.05, 4.69) is 5.32 Å². The highest BCUT2D eigenvalue weighted by molar-refractivity contribution is 6.30. The lowest BCUT2D eigenvalue weighted by molar-refractivity contribution is -0.138. The minimum Gasteiger partial charge on any atom is -0.385 e. The molecule has 2 aliphatic rings. The highest BCUT2D eigenvalue weighted by Gasteiger charge is 2.43. The summed E-state index contributed by atoms with van der Waals surface area (Å²) in [5.41, 5.74) is -1.16. The fourth-order valence-corrected chi connectivity index (χ4v) is 6.16. The zero-order valence-electron chi connectivity index (χ0n) is 21.9. The Labute approximate surface area is 220 Å². The molecule has 3 atom stereocenters. The molecule has 0 aliphatic carbocycles. The topological polar surface area (TPSA) is 71.0 Å². The van der Waals surface area contributed by atoms with Gasteiger partial charge in [-0.1, -0.05) is 23.7 Å². The predicted octanol–water partition coefficient (Wildman–Crippen LogP) is 4.76. The van der Waals surface area contributed by atoms with Crippen LogP contribution in [0.2, 0.25) is 5.02 Å². The molecule has 2 aliphatic heterocycles. The number of aliphatic hydroxyl groups is 1. The zero-order valence-corrected chi connectivity index (χ0v) is 22.7. The first-order valence-electron chi connectivity index (χ1n) is 13.5. The number of nitrogens with one attached hydrogen (secondary N) is 1. The highest BCUT2D eigenvalue weighted by atomic mass is 35.5. The van der Waals surface area contributed by atoms with E-state index in [0.717, 1.165) is 58.3 Å². The molecular formula is C28H44ClFN2O4. The second-order valence-electron chi connectivity index (χ2n) is 10.6. The molecule has 0 spiro atoms. The number of benzene rings is 1. The van der Waals surface area contributed by atoms with Gasteiger partial charge in [0.15, 0.2) is 0 Å². The minimum absolute atomic E-state index is 0.00887. The number of halogens is 2. The number of carbonyl (C=O) groups excluding carboxylic acids is 1. The number of piperidine rings is 1. The SMILES string of the molecule is CNC[C@H](CC(=O)N1CCC[C@@H]([C@@](O)(CCCCOC)c2cccc(Cl)c2F)C1)CC1CCOCC1. The van der Waals surface area contributed by atoms with Gasteiger partial charge < -0.3 is 24.8 Å². The molecule has 204 valence electrons. The molecule has 1 amide bonds. The number of rotatable bonds is 13. The van der Waals surface area contributed by atoms with Crippen LogP contribution in [0, 0.1) is 23.6 Å². The molecule has 2 N–H and O–H groups in total. The van der Waals surface area contributed by atoms with Crippen molar-refractivity contribution in [1.82, 2.24) is 10.2 Å². The second-order valence-corrected chi connectivity index (χ2v) is 11.0. The number of unbranched alkanes of at least 4 members (excludes halogenated alkanes) is 1. The molecule has 0 radical (unpaired) electrons. The zero-order chi connectivity index (χ0) is 26.0. The number of ether oxygens (including phenoxy) is 2. The Bertz CT molecular complexity index is 823. The molecular weight excluding hydrogens is 483 g/mol. The van der Waals surface area contributed by atoms with Crippen molar-refractivity contribution in [1.29, 1.82) is 0 Å². The Hall–Kier alpha value is -1.25. The van der Waals surface area contributed by atoms with Crippen LogP contribution in [0.25, 0.3) is 0 Å². The van der Waals surface area contributed by atoms with Crippen molar-refractivity contribution in [3.8, 4) is 0 Å². The third kappa shape index (κ3) is 7.87. The van der Waals surface area contributed by atoms with Crippen molar-refractivity contribution in [2.75, 3.05) is 53.6 Å². The summed E-state index contributed by atoms with van der Waals surface area (Å²) in [6.07, 6.45) is 7.00. The van der Waals surface area contributed by atoms with Crippen molar-refractivity contribution in [3.05, 3.63) is 34.6 Å². The molecule has 1 aromatic carbocycles. The number of nitrogens with zero attached hydrogens (tertiary/aromatic N) is 1. The van der Waals surface area contributed by atoms with Crippen LogP contribution >= 0.6 is 11.6 Å². The molecule has 8 heteroatoms. The second kappa shape index (κ2) is 14.6. The Morgan fingerprint density at radius 2 is 2.11 bits per heavy atom. The van der Waals surface area contributed by atoms with Crippen LogP contribution in [0.3, 0.4) is 0 Å². The summed E-state index contributed by atoms with van der Waals surface area (Å²) in [5.74, 6) is 0.165. The normalized spacial score (nSPS) is 21.8. The van der Waals surface area contributed by atoms with E-state index in [1.54, 1.807) is 19.2 Å². The van der Waals surface area contributed by atoms with Gasteiger partial charge in [0, 0.05) is 57.9 Å². The van der Waals surface area contributed by atoms with Gasteiger partial charge in [-0.15, -0.1) is 0 Å². The summed E-state index contributed by atoms with van der Waals surface area (Å²) >= 11 is 6.10. The maximum absolute atomic E-state index is 15.1. The van der Waals surface area contributed by atoms with Gasteiger partial charge in [-0.25, -0.2) is 4.39 Å². The predicted molar refractivity (Wildman–Crippen MR) is 141 cm³/mol. The van der Waals surface area contributed by atoms with E-state index in [9.17, 15) is 9.90 Å². The van der Waals surface area contributed by atoms with Crippen molar-refractivity contribution >= 4 is 17.5 Å². The van der Waals surface area contributed by atoms with Gasteiger partial charge in [0.1, 0.15) is 5.82 Å². The number of methoxy groups -OCH3 is 1. The number of hydrogen-bond donors (Lipinski definition) is 2. The summed E-state index contributed by atoms with van der Waals surface area (Å²) in [6, 6.07) is 4.82. The average molecular weight is 527 g/mol. The summed E-state index contributed by atoms with van der Waals surface area (Å²) < 4.78 is 25.8. The third-order valence-electron chi connectivity index (χ3n) is 7.99. The van der Waals surface area contributed by atoms with E-state index in [1.165, 1.54) is 6.07 Å². The number of likely N-dealkylation sites (tertiary alicyclic amines) is 1. The van der Waals surface area contributed by atoms with E-state index in [4.69, 9.17) is 21.1 Å². The number of hydrogen-bond acceptors (Lipinski definition) is 5. The monoisotopic (exact) mass is 526 g/mol. The first kappa shape index (κ1) is 29.3. The summed E-state index contributed by atoms with van der Waals surface area (Å²) in [6.45, 7) is 4.11. The van der Waals surface area contributed by atoms with Crippen LogP contribution < -0.4 is 5.32 Å². The third-order valence-corrected chi connectivity index (χ3v) is 8.28. The van der Waals surface area contributed by atoms with E-state index in [-0.39, 0.29) is 28.3 Å². The Balaban J connectivity index is 1.72. The molecule has 2 saturated heterocycles. The van der Waals surface area contributed by atoms with Gasteiger partial charge in [0.2, 0.25) is 5.91 Å². The summed E-state index contributed by atoms with van der Waals surface area (Å²) in [4.78, 5) is 15.3. The van der Waals surface area contributed by atoms with Gasteiger partial charge in [-0.05, 0) is 82.9 Å². The van der Waals surface area contributed by atoms with Gasteiger partial charge >= 0.3 is 0 Å². The van der Waals surface area contributed by atoms with Crippen molar-refractivity contribution < 1.29 is 23.8 Å². The maximum Gasteiger partial charge on any atom is 0.222 e. The molecule has 2 fully saturated rings. The fourth-order valence-electron chi connectivity index (χ4n) is 5.99. The van der Waals surface area contributed by atoms with Crippen molar-refractivity contribution in [3.63, 3.8) is 0 Å². The lowest BCUT2D eigenvalue weighted by atomic mass is 9.73. The van der Waals surface area contributed by atoms with E-state index in [0.29, 0.717) is 44.9 Å².